The fraction of sp³-hybridized carbons (Fsp3) is 0.389. The topological polar surface area (TPSA) is 85.8 Å². The van der Waals surface area contributed by atoms with E-state index in [4.69, 9.17) is 25.8 Å². The lowest BCUT2D eigenvalue weighted by Gasteiger charge is -2.31. The molecular formula is C18H21ClN4O4. The number of halogens is 1. The Balaban J connectivity index is 1.52. The van der Waals surface area contributed by atoms with E-state index in [1.807, 2.05) is 0 Å². The fourth-order valence-electron chi connectivity index (χ4n) is 2.77. The molecule has 1 aromatic heterocycles. The van der Waals surface area contributed by atoms with Crippen molar-refractivity contribution in [3.05, 3.63) is 35.6 Å². The number of carbonyl (C=O) groups excluding carboxylic acids is 1. The molecule has 3 rings (SSSR count). The number of amides is 2. The first-order valence-corrected chi connectivity index (χ1v) is 8.89. The number of methoxy groups -OCH3 is 2. The number of nitrogens with one attached hydrogen (secondary N) is 1. The van der Waals surface area contributed by atoms with Crippen LogP contribution in [-0.4, -0.2) is 54.3 Å². The summed E-state index contributed by atoms with van der Waals surface area (Å²) in [6.07, 6.45) is 4.46. The number of hydrogen-bond acceptors (Lipinski definition) is 6. The molecular weight excluding hydrogens is 372 g/mol. The second kappa shape index (κ2) is 8.77. The van der Waals surface area contributed by atoms with E-state index >= 15 is 0 Å². The molecule has 0 aliphatic carbocycles. The van der Waals surface area contributed by atoms with Gasteiger partial charge < -0.3 is 24.4 Å². The molecule has 0 unspecified atom stereocenters. The first kappa shape index (κ1) is 19.0. The van der Waals surface area contributed by atoms with Crippen molar-refractivity contribution in [1.29, 1.82) is 0 Å². The van der Waals surface area contributed by atoms with Gasteiger partial charge in [-0.3, -0.25) is 0 Å². The molecule has 9 heteroatoms. The predicted octanol–water partition coefficient (Wildman–Crippen LogP) is 3.22. The molecule has 0 bridgehead atoms. The zero-order valence-electron chi connectivity index (χ0n) is 15.1. The van der Waals surface area contributed by atoms with Crippen LogP contribution in [0.2, 0.25) is 5.02 Å². The van der Waals surface area contributed by atoms with E-state index in [1.165, 1.54) is 0 Å². The molecule has 2 amide bonds. The number of likely N-dealkylation sites (tertiary alicyclic amines) is 1. The summed E-state index contributed by atoms with van der Waals surface area (Å²) in [6, 6.07) is 5.19. The van der Waals surface area contributed by atoms with Crippen LogP contribution in [0.15, 0.2) is 30.6 Å². The van der Waals surface area contributed by atoms with Crippen LogP contribution in [0, 0.1) is 0 Å². The summed E-state index contributed by atoms with van der Waals surface area (Å²) in [6.45, 7) is 1.13. The number of nitrogens with zero attached hydrogens (tertiary/aromatic N) is 3. The van der Waals surface area contributed by atoms with Crippen molar-refractivity contribution in [2.24, 2.45) is 0 Å². The Morgan fingerprint density at radius 2 is 1.89 bits per heavy atom. The van der Waals surface area contributed by atoms with Gasteiger partial charge in [0.25, 0.3) is 0 Å². The minimum absolute atomic E-state index is 0.0387. The summed E-state index contributed by atoms with van der Waals surface area (Å²) in [4.78, 5) is 22.5. The van der Waals surface area contributed by atoms with Gasteiger partial charge in [0.05, 0.1) is 32.3 Å². The first-order chi connectivity index (χ1) is 13.1. The highest BCUT2D eigenvalue weighted by Crippen LogP contribution is 2.28. The average molecular weight is 393 g/mol. The minimum atomic E-state index is -0.199. The highest BCUT2D eigenvalue weighted by atomic mass is 35.5. The molecule has 0 radical (unpaired) electrons. The summed E-state index contributed by atoms with van der Waals surface area (Å²) in [5, 5.41) is 3.37. The van der Waals surface area contributed by atoms with Gasteiger partial charge in [-0.05, 0) is 18.2 Å². The Morgan fingerprint density at radius 1 is 1.19 bits per heavy atom. The quantitative estimate of drug-likeness (QED) is 0.840. The maximum Gasteiger partial charge on any atom is 0.321 e. The lowest BCUT2D eigenvalue weighted by Crippen LogP contribution is -2.43. The highest BCUT2D eigenvalue weighted by molar-refractivity contribution is 6.31. The molecule has 1 aliphatic heterocycles. The third-order valence-electron chi connectivity index (χ3n) is 4.24. The van der Waals surface area contributed by atoms with Crippen LogP contribution in [0.25, 0.3) is 0 Å². The number of aromatic nitrogens is 2. The highest BCUT2D eigenvalue weighted by Gasteiger charge is 2.25. The second-order valence-electron chi connectivity index (χ2n) is 5.98. The fourth-order valence-corrected chi connectivity index (χ4v) is 2.94. The first-order valence-electron chi connectivity index (χ1n) is 8.51. The van der Waals surface area contributed by atoms with Gasteiger partial charge in [0.15, 0.2) is 5.75 Å². The predicted molar refractivity (Wildman–Crippen MR) is 101 cm³/mol. The van der Waals surface area contributed by atoms with E-state index in [0.29, 0.717) is 54.2 Å². The number of benzene rings is 1. The SMILES string of the molecule is COc1cnc(OC2CCN(C(=O)Nc3cc(Cl)ccc3OC)CC2)nc1. The maximum atomic E-state index is 12.5. The summed E-state index contributed by atoms with van der Waals surface area (Å²) >= 11 is 6.00. The van der Waals surface area contributed by atoms with Gasteiger partial charge in [-0.1, -0.05) is 11.6 Å². The van der Waals surface area contributed by atoms with Crippen molar-refractivity contribution in [2.45, 2.75) is 18.9 Å². The van der Waals surface area contributed by atoms with Crippen LogP contribution in [0.3, 0.4) is 0 Å². The van der Waals surface area contributed by atoms with E-state index in [2.05, 4.69) is 15.3 Å². The summed E-state index contributed by atoms with van der Waals surface area (Å²) in [5.74, 6) is 1.13. The second-order valence-corrected chi connectivity index (χ2v) is 6.42. The van der Waals surface area contributed by atoms with Gasteiger partial charge in [0.1, 0.15) is 11.9 Å². The van der Waals surface area contributed by atoms with Gasteiger partial charge in [-0.2, -0.15) is 9.97 Å². The number of carbonyl (C=O) groups is 1. The van der Waals surface area contributed by atoms with Gasteiger partial charge >= 0.3 is 12.0 Å². The minimum Gasteiger partial charge on any atom is -0.495 e. The van der Waals surface area contributed by atoms with E-state index in [9.17, 15) is 4.79 Å². The van der Waals surface area contributed by atoms with Crippen LogP contribution in [0.5, 0.6) is 17.5 Å². The van der Waals surface area contributed by atoms with Gasteiger partial charge in [-0.25, -0.2) is 4.79 Å². The van der Waals surface area contributed by atoms with Crippen molar-refractivity contribution in [2.75, 3.05) is 32.6 Å². The Labute approximate surface area is 162 Å². The van der Waals surface area contributed by atoms with Gasteiger partial charge in [0.2, 0.25) is 0 Å². The standard InChI is InChI=1S/C18H21ClN4O4/c1-25-14-10-20-17(21-11-14)27-13-5-7-23(8-6-13)18(24)22-15-9-12(19)3-4-16(15)26-2/h3-4,9-11,13H,5-8H2,1-2H3,(H,22,24). The van der Waals surface area contributed by atoms with E-state index in [-0.39, 0.29) is 12.1 Å². The molecule has 2 heterocycles. The molecule has 0 saturated carbocycles. The number of rotatable bonds is 5. The monoisotopic (exact) mass is 392 g/mol. The molecule has 1 aliphatic rings. The smallest absolute Gasteiger partial charge is 0.321 e. The largest absolute Gasteiger partial charge is 0.495 e. The molecule has 0 spiro atoms. The van der Waals surface area contributed by atoms with Crippen LogP contribution in [-0.2, 0) is 0 Å². The lowest BCUT2D eigenvalue weighted by atomic mass is 10.1. The van der Waals surface area contributed by atoms with Crippen molar-refractivity contribution < 1.29 is 19.0 Å². The maximum absolute atomic E-state index is 12.5. The van der Waals surface area contributed by atoms with Crippen molar-refractivity contribution >= 4 is 23.3 Å². The summed E-state index contributed by atoms with van der Waals surface area (Å²) in [5.41, 5.74) is 0.542. The van der Waals surface area contributed by atoms with Crippen molar-refractivity contribution in [3.8, 4) is 17.5 Å². The average Bonchev–Trinajstić information content (AvgIpc) is 2.69. The molecule has 0 atom stereocenters. The number of anilines is 1. The zero-order chi connectivity index (χ0) is 19.2. The Kier molecular flexibility index (Phi) is 6.18. The van der Waals surface area contributed by atoms with Crippen LogP contribution in [0.1, 0.15) is 12.8 Å². The van der Waals surface area contributed by atoms with Crippen LogP contribution < -0.4 is 19.5 Å². The number of ether oxygens (including phenoxy) is 3. The van der Waals surface area contributed by atoms with E-state index < -0.39 is 0 Å². The van der Waals surface area contributed by atoms with Crippen LogP contribution >= 0.6 is 11.6 Å². The van der Waals surface area contributed by atoms with E-state index in [0.717, 1.165) is 0 Å². The molecule has 8 nitrogen and oxygen atoms in total. The third-order valence-corrected chi connectivity index (χ3v) is 4.48. The lowest BCUT2D eigenvalue weighted by molar-refractivity contribution is 0.107. The molecule has 1 N–H and O–H groups in total. The Bertz CT molecular complexity index is 779. The van der Waals surface area contributed by atoms with Crippen molar-refractivity contribution in [1.82, 2.24) is 14.9 Å². The van der Waals surface area contributed by atoms with E-state index in [1.54, 1.807) is 49.7 Å². The Morgan fingerprint density at radius 3 is 2.52 bits per heavy atom. The normalized spacial score (nSPS) is 14.6. The summed E-state index contributed by atoms with van der Waals surface area (Å²) < 4.78 is 16.1. The number of hydrogen-bond donors (Lipinski definition) is 1. The third kappa shape index (κ3) is 4.91. The zero-order valence-corrected chi connectivity index (χ0v) is 15.9. The molecule has 27 heavy (non-hydrogen) atoms. The van der Waals surface area contributed by atoms with Crippen LogP contribution in [0.4, 0.5) is 10.5 Å². The Hall–Kier alpha value is -2.74. The number of urea groups is 1. The molecule has 1 saturated heterocycles. The number of piperidine rings is 1. The van der Waals surface area contributed by atoms with Crippen molar-refractivity contribution in [3.63, 3.8) is 0 Å². The molecule has 144 valence electrons. The molecule has 1 fully saturated rings. The van der Waals surface area contributed by atoms with Gasteiger partial charge in [-0.15, -0.1) is 0 Å². The summed E-state index contributed by atoms with van der Waals surface area (Å²) in [7, 11) is 3.10. The van der Waals surface area contributed by atoms with Gasteiger partial charge in [0, 0.05) is 31.0 Å². The molecule has 1 aromatic carbocycles. The molecule has 2 aromatic rings.